The first kappa shape index (κ1) is 14.0. The number of carbonyl (C=O) groups is 2. The smallest absolute Gasteiger partial charge is 0.308 e. The fourth-order valence-electron chi connectivity index (χ4n) is 2.31. The Labute approximate surface area is 102 Å². The predicted molar refractivity (Wildman–Crippen MR) is 64.3 cm³/mol. The Hall–Kier alpha value is -1.10. The summed E-state index contributed by atoms with van der Waals surface area (Å²) in [4.78, 5) is 24.6. The highest BCUT2D eigenvalue weighted by atomic mass is 16.4. The Kier molecular flexibility index (Phi) is 4.51. The molecule has 17 heavy (non-hydrogen) atoms. The molecule has 98 valence electrons. The van der Waals surface area contributed by atoms with Crippen molar-refractivity contribution in [1.82, 2.24) is 4.90 Å². The lowest BCUT2D eigenvalue weighted by atomic mass is 9.99. The minimum atomic E-state index is -0.828. The molecule has 1 aliphatic rings. The lowest BCUT2D eigenvalue weighted by Gasteiger charge is -2.21. The Morgan fingerprint density at radius 2 is 2.00 bits per heavy atom. The third kappa shape index (κ3) is 3.43. The van der Waals surface area contributed by atoms with E-state index in [1.165, 1.54) is 0 Å². The topological polar surface area (TPSA) is 83.6 Å². The van der Waals surface area contributed by atoms with E-state index in [-0.39, 0.29) is 11.8 Å². The van der Waals surface area contributed by atoms with Crippen molar-refractivity contribution in [2.75, 3.05) is 13.1 Å². The van der Waals surface area contributed by atoms with Gasteiger partial charge in [-0.1, -0.05) is 20.8 Å². The Bertz CT molecular complexity index is 304. The molecule has 0 bridgehead atoms. The summed E-state index contributed by atoms with van der Waals surface area (Å²) in [6.45, 7) is 6.68. The van der Waals surface area contributed by atoms with Crippen LogP contribution in [0.4, 0.5) is 0 Å². The zero-order chi connectivity index (χ0) is 13.2. The normalized spacial score (nSPS) is 26.3. The summed E-state index contributed by atoms with van der Waals surface area (Å²) < 4.78 is 0. The van der Waals surface area contributed by atoms with Crippen LogP contribution in [0, 0.1) is 17.8 Å². The van der Waals surface area contributed by atoms with Crippen LogP contribution in [0.25, 0.3) is 0 Å². The molecule has 1 rings (SSSR count). The third-order valence-corrected chi connectivity index (χ3v) is 3.28. The number of carbonyl (C=O) groups excluding carboxylic acids is 1. The van der Waals surface area contributed by atoms with Crippen LogP contribution in [-0.4, -0.2) is 41.0 Å². The SMILES string of the molecule is CC(C)CC(N)C(=O)N1C[C@@H](C)[C@H](C(=O)O)C1. The first-order chi connectivity index (χ1) is 7.82. The van der Waals surface area contributed by atoms with Gasteiger partial charge in [-0.2, -0.15) is 0 Å². The van der Waals surface area contributed by atoms with Gasteiger partial charge in [-0.3, -0.25) is 9.59 Å². The summed E-state index contributed by atoms with van der Waals surface area (Å²) in [5, 5.41) is 9.00. The number of amides is 1. The highest BCUT2D eigenvalue weighted by molar-refractivity contribution is 5.83. The number of aliphatic carboxylic acids is 1. The molecule has 0 aromatic carbocycles. The van der Waals surface area contributed by atoms with E-state index in [0.717, 1.165) is 0 Å². The van der Waals surface area contributed by atoms with Gasteiger partial charge in [0.05, 0.1) is 12.0 Å². The Morgan fingerprint density at radius 1 is 1.41 bits per heavy atom. The van der Waals surface area contributed by atoms with Crippen LogP contribution >= 0.6 is 0 Å². The molecule has 5 nitrogen and oxygen atoms in total. The van der Waals surface area contributed by atoms with Crippen LogP contribution < -0.4 is 5.73 Å². The minimum absolute atomic E-state index is 0.00250. The van der Waals surface area contributed by atoms with Gasteiger partial charge >= 0.3 is 5.97 Å². The number of carboxylic acids is 1. The molecule has 1 aliphatic heterocycles. The average molecular weight is 242 g/mol. The van der Waals surface area contributed by atoms with Gasteiger partial charge in [0.15, 0.2) is 0 Å². The van der Waals surface area contributed by atoms with Crippen LogP contribution in [0.15, 0.2) is 0 Å². The van der Waals surface area contributed by atoms with Gasteiger partial charge in [-0.25, -0.2) is 0 Å². The fourth-order valence-corrected chi connectivity index (χ4v) is 2.31. The van der Waals surface area contributed by atoms with Crippen LogP contribution in [0.2, 0.25) is 0 Å². The quantitative estimate of drug-likeness (QED) is 0.753. The van der Waals surface area contributed by atoms with E-state index in [1.54, 1.807) is 4.90 Å². The number of hydrogen-bond donors (Lipinski definition) is 2. The Morgan fingerprint density at radius 3 is 2.41 bits per heavy atom. The number of likely N-dealkylation sites (tertiary alicyclic amines) is 1. The first-order valence-corrected chi connectivity index (χ1v) is 6.10. The molecule has 1 amide bonds. The molecule has 3 N–H and O–H groups in total. The van der Waals surface area contributed by atoms with Crippen molar-refractivity contribution in [1.29, 1.82) is 0 Å². The van der Waals surface area contributed by atoms with Crippen LogP contribution in [0.5, 0.6) is 0 Å². The van der Waals surface area contributed by atoms with E-state index in [1.807, 2.05) is 20.8 Å². The van der Waals surface area contributed by atoms with E-state index >= 15 is 0 Å². The molecule has 0 aromatic heterocycles. The van der Waals surface area contributed by atoms with Gasteiger partial charge in [0, 0.05) is 13.1 Å². The standard InChI is InChI=1S/C12H22N2O3/c1-7(2)4-10(13)11(15)14-5-8(3)9(6-14)12(16)17/h7-10H,4-6,13H2,1-3H3,(H,16,17)/t8-,9-,10?/m1/s1. The highest BCUT2D eigenvalue weighted by Crippen LogP contribution is 2.24. The van der Waals surface area contributed by atoms with Crippen molar-refractivity contribution in [2.45, 2.75) is 33.2 Å². The van der Waals surface area contributed by atoms with Crippen molar-refractivity contribution >= 4 is 11.9 Å². The number of nitrogens with two attached hydrogens (primary N) is 1. The summed E-state index contributed by atoms with van der Waals surface area (Å²) in [7, 11) is 0. The molecule has 1 unspecified atom stereocenters. The highest BCUT2D eigenvalue weighted by Gasteiger charge is 2.38. The van der Waals surface area contributed by atoms with Gasteiger partial charge in [-0.15, -0.1) is 0 Å². The van der Waals surface area contributed by atoms with Gasteiger partial charge in [0.2, 0.25) is 5.91 Å². The van der Waals surface area contributed by atoms with Crippen LogP contribution in [0.1, 0.15) is 27.2 Å². The van der Waals surface area contributed by atoms with Crippen molar-refractivity contribution in [3.63, 3.8) is 0 Å². The number of nitrogens with zero attached hydrogens (tertiary/aromatic N) is 1. The van der Waals surface area contributed by atoms with E-state index < -0.39 is 17.9 Å². The molecule has 0 aromatic rings. The van der Waals surface area contributed by atoms with Crippen molar-refractivity contribution in [3.8, 4) is 0 Å². The number of rotatable bonds is 4. The monoisotopic (exact) mass is 242 g/mol. The van der Waals surface area contributed by atoms with E-state index in [2.05, 4.69) is 0 Å². The predicted octanol–water partition coefficient (Wildman–Crippen LogP) is 0.539. The van der Waals surface area contributed by atoms with Gasteiger partial charge in [0.1, 0.15) is 0 Å². The van der Waals surface area contributed by atoms with E-state index in [0.29, 0.717) is 25.4 Å². The number of hydrogen-bond acceptors (Lipinski definition) is 3. The van der Waals surface area contributed by atoms with Crippen molar-refractivity contribution < 1.29 is 14.7 Å². The lowest BCUT2D eigenvalue weighted by Crippen LogP contribution is -2.43. The second-order valence-electron chi connectivity index (χ2n) is 5.40. The summed E-state index contributed by atoms with van der Waals surface area (Å²) in [5.41, 5.74) is 5.83. The summed E-state index contributed by atoms with van der Waals surface area (Å²) in [6, 6.07) is -0.505. The van der Waals surface area contributed by atoms with E-state index in [9.17, 15) is 9.59 Å². The third-order valence-electron chi connectivity index (χ3n) is 3.28. The van der Waals surface area contributed by atoms with Crippen molar-refractivity contribution in [2.24, 2.45) is 23.5 Å². The molecule has 3 atom stereocenters. The fraction of sp³-hybridized carbons (Fsp3) is 0.833. The van der Waals surface area contributed by atoms with Crippen molar-refractivity contribution in [3.05, 3.63) is 0 Å². The lowest BCUT2D eigenvalue weighted by molar-refractivity contribution is -0.142. The zero-order valence-corrected chi connectivity index (χ0v) is 10.7. The Balaban J connectivity index is 2.58. The minimum Gasteiger partial charge on any atom is -0.481 e. The zero-order valence-electron chi connectivity index (χ0n) is 10.7. The van der Waals surface area contributed by atoms with E-state index in [4.69, 9.17) is 10.8 Å². The second kappa shape index (κ2) is 5.49. The maximum atomic E-state index is 12.0. The molecule has 0 aliphatic carbocycles. The summed E-state index contributed by atoms with van der Waals surface area (Å²) in [5.74, 6) is -1.03. The largest absolute Gasteiger partial charge is 0.481 e. The van der Waals surface area contributed by atoms with Crippen LogP contribution in [0.3, 0.4) is 0 Å². The summed E-state index contributed by atoms with van der Waals surface area (Å²) >= 11 is 0. The maximum absolute atomic E-state index is 12.0. The molecule has 1 saturated heterocycles. The van der Waals surface area contributed by atoms with Gasteiger partial charge in [-0.05, 0) is 18.3 Å². The molecule has 5 heteroatoms. The molecular weight excluding hydrogens is 220 g/mol. The van der Waals surface area contributed by atoms with Gasteiger partial charge < -0.3 is 15.7 Å². The summed E-state index contributed by atoms with van der Waals surface area (Å²) in [6.07, 6.45) is 0.640. The second-order valence-corrected chi connectivity index (χ2v) is 5.40. The number of carboxylic acid groups (broad SMARTS) is 1. The molecule has 1 fully saturated rings. The molecule has 1 heterocycles. The molecule has 0 radical (unpaired) electrons. The average Bonchev–Trinajstić information content (AvgIpc) is 2.58. The molecule has 0 spiro atoms. The maximum Gasteiger partial charge on any atom is 0.308 e. The molecular formula is C12H22N2O3. The van der Waals surface area contributed by atoms with Crippen LogP contribution in [-0.2, 0) is 9.59 Å². The van der Waals surface area contributed by atoms with Gasteiger partial charge in [0.25, 0.3) is 0 Å². The molecule has 0 saturated carbocycles. The first-order valence-electron chi connectivity index (χ1n) is 6.10.